The first kappa shape index (κ1) is 21.6. The molecule has 2 heterocycles. The van der Waals surface area contributed by atoms with E-state index < -0.39 is 0 Å². The Morgan fingerprint density at radius 1 is 0.909 bits per heavy atom. The maximum absolute atomic E-state index is 12.5. The molecule has 0 unspecified atom stereocenters. The van der Waals surface area contributed by atoms with E-state index in [9.17, 15) is 9.59 Å². The molecule has 0 spiro atoms. The Kier molecular flexibility index (Phi) is 6.65. The molecule has 8 heteroatoms. The lowest BCUT2D eigenvalue weighted by Gasteiger charge is -2.09. The predicted molar refractivity (Wildman–Crippen MR) is 127 cm³/mol. The summed E-state index contributed by atoms with van der Waals surface area (Å²) in [4.78, 5) is 36.6. The molecule has 3 N–H and O–H groups in total. The van der Waals surface area contributed by atoms with Crippen LogP contribution in [0, 0.1) is 0 Å². The number of aromatic nitrogens is 3. The molecule has 33 heavy (non-hydrogen) atoms. The lowest BCUT2D eigenvalue weighted by atomic mass is 10.1. The van der Waals surface area contributed by atoms with E-state index >= 15 is 0 Å². The van der Waals surface area contributed by atoms with Gasteiger partial charge in [-0.1, -0.05) is 24.3 Å². The normalized spacial score (nSPS) is 10.3. The number of pyridine rings is 1. The fraction of sp³-hybridized carbons (Fsp3) is 0.0800. The third kappa shape index (κ3) is 5.98. The molecule has 0 aliphatic carbocycles. The van der Waals surface area contributed by atoms with Crippen LogP contribution in [0.2, 0.25) is 0 Å². The lowest BCUT2D eigenvalue weighted by Crippen LogP contribution is -2.22. The first-order chi connectivity index (χ1) is 16.1. The van der Waals surface area contributed by atoms with E-state index in [2.05, 4.69) is 30.9 Å². The number of anilines is 3. The molecular weight excluding hydrogens is 416 g/mol. The predicted octanol–water partition coefficient (Wildman–Crippen LogP) is 4.17. The third-order valence-corrected chi connectivity index (χ3v) is 4.71. The van der Waals surface area contributed by atoms with Crippen molar-refractivity contribution in [1.29, 1.82) is 0 Å². The number of rotatable bonds is 7. The van der Waals surface area contributed by atoms with Crippen molar-refractivity contribution in [2.24, 2.45) is 0 Å². The van der Waals surface area contributed by atoms with Crippen molar-refractivity contribution in [2.75, 3.05) is 10.6 Å². The average Bonchev–Trinajstić information content (AvgIpc) is 2.84. The third-order valence-electron chi connectivity index (χ3n) is 4.71. The Morgan fingerprint density at radius 3 is 2.52 bits per heavy atom. The monoisotopic (exact) mass is 438 g/mol. The lowest BCUT2D eigenvalue weighted by molar-refractivity contribution is -0.114. The highest BCUT2D eigenvalue weighted by Crippen LogP contribution is 2.22. The quantitative estimate of drug-likeness (QED) is 0.400. The number of nitrogens with one attached hydrogen (secondary N) is 3. The van der Waals surface area contributed by atoms with E-state index in [1.54, 1.807) is 42.9 Å². The smallest absolute Gasteiger partial charge is 0.251 e. The number of hydrogen-bond acceptors (Lipinski definition) is 6. The maximum atomic E-state index is 12.5. The fourth-order valence-corrected chi connectivity index (χ4v) is 3.16. The Morgan fingerprint density at radius 2 is 1.76 bits per heavy atom. The zero-order chi connectivity index (χ0) is 23.0. The molecule has 4 aromatic rings. The average molecular weight is 438 g/mol. The summed E-state index contributed by atoms with van der Waals surface area (Å²) in [7, 11) is 0. The molecule has 4 rings (SSSR count). The zero-order valence-corrected chi connectivity index (χ0v) is 17.9. The van der Waals surface area contributed by atoms with Crippen molar-refractivity contribution in [3.05, 3.63) is 96.4 Å². The van der Waals surface area contributed by atoms with Gasteiger partial charge in [0.2, 0.25) is 11.9 Å². The van der Waals surface area contributed by atoms with E-state index in [-0.39, 0.29) is 11.8 Å². The van der Waals surface area contributed by atoms with Gasteiger partial charge in [0.05, 0.1) is 5.69 Å². The van der Waals surface area contributed by atoms with Crippen LogP contribution in [0.15, 0.2) is 85.3 Å². The molecule has 0 saturated carbocycles. The fourth-order valence-electron chi connectivity index (χ4n) is 3.16. The Labute approximate surface area is 191 Å². The van der Waals surface area contributed by atoms with Crippen LogP contribution in [0.25, 0.3) is 11.3 Å². The second-order valence-electron chi connectivity index (χ2n) is 7.27. The van der Waals surface area contributed by atoms with E-state index in [1.807, 2.05) is 42.5 Å². The van der Waals surface area contributed by atoms with Crippen LogP contribution in [0.4, 0.5) is 17.3 Å². The van der Waals surface area contributed by atoms with E-state index in [0.29, 0.717) is 23.7 Å². The zero-order valence-electron chi connectivity index (χ0n) is 17.9. The van der Waals surface area contributed by atoms with Gasteiger partial charge in [-0.05, 0) is 48.0 Å². The highest BCUT2D eigenvalue weighted by Gasteiger charge is 2.08. The number of carbonyl (C=O) groups is 2. The van der Waals surface area contributed by atoms with Crippen LogP contribution < -0.4 is 16.0 Å². The summed E-state index contributed by atoms with van der Waals surface area (Å²) in [5, 5.41) is 8.78. The molecule has 2 aromatic carbocycles. The number of carbonyl (C=O) groups excluding carboxylic acids is 2. The molecule has 0 radical (unpaired) electrons. The van der Waals surface area contributed by atoms with E-state index in [4.69, 9.17) is 0 Å². The minimum atomic E-state index is -0.184. The Bertz CT molecular complexity index is 1260. The standard InChI is InChI=1S/C25H22N6O2/c1-17(32)29-21-9-7-19(8-10-21)23-11-13-27-25(31-23)30-22-6-2-5-20(14-22)24(33)28-16-18-4-3-12-26-15-18/h2-15H,16H2,1H3,(H,28,33)(H,29,32)(H,27,30,31). The van der Waals surface area contributed by atoms with Crippen molar-refractivity contribution in [3.8, 4) is 11.3 Å². The van der Waals surface area contributed by atoms with Crippen LogP contribution in [-0.2, 0) is 11.3 Å². The van der Waals surface area contributed by atoms with Gasteiger partial charge in [-0.25, -0.2) is 9.97 Å². The van der Waals surface area contributed by atoms with Gasteiger partial charge in [-0.3, -0.25) is 14.6 Å². The van der Waals surface area contributed by atoms with Crippen LogP contribution in [0.3, 0.4) is 0 Å². The minimum absolute atomic E-state index is 0.121. The molecule has 2 amide bonds. The van der Waals surface area contributed by atoms with Crippen LogP contribution in [0.1, 0.15) is 22.8 Å². The van der Waals surface area contributed by atoms with Crippen LogP contribution in [0.5, 0.6) is 0 Å². The molecule has 0 fully saturated rings. The largest absolute Gasteiger partial charge is 0.348 e. The molecular formula is C25H22N6O2. The van der Waals surface area contributed by atoms with Gasteiger partial charge in [0.15, 0.2) is 0 Å². The highest BCUT2D eigenvalue weighted by atomic mass is 16.2. The molecule has 0 bridgehead atoms. The SMILES string of the molecule is CC(=O)Nc1ccc(-c2ccnc(Nc3cccc(C(=O)NCc4cccnc4)c3)n2)cc1. The first-order valence-corrected chi connectivity index (χ1v) is 10.3. The summed E-state index contributed by atoms with van der Waals surface area (Å²) >= 11 is 0. The van der Waals surface area contributed by atoms with Gasteiger partial charge in [0.1, 0.15) is 0 Å². The summed E-state index contributed by atoms with van der Waals surface area (Å²) in [5.74, 6) is 0.104. The summed E-state index contributed by atoms with van der Waals surface area (Å²) < 4.78 is 0. The summed E-state index contributed by atoms with van der Waals surface area (Å²) in [6, 6.07) is 20.1. The number of benzene rings is 2. The van der Waals surface area contributed by atoms with Crippen molar-refractivity contribution < 1.29 is 9.59 Å². The van der Waals surface area contributed by atoms with Gasteiger partial charge in [-0.2, -0.15) is 0 Å². The molecule has 164 valence electrons. The first-order valence-electron chi connectivity index (χ1n) is 10.3. The van der Waals surface area contributed by atoms with Gasteiger partial charge in [0.25, 0.3) is 5.91 Å². The van der Waals surface area contributed by atoms with Crippen LogP contribution in [-0.4, -0.2) is 26.8 Å². The molecule has 0 aliphatic rings. The minimum Gasteiger partial charge on any atom is -0.348 e. The number of hydrogen-bond donors (Lipinski definition) is 3. The molecule has 0 atom stereocenters. The summed E-state index contributed by atoms with van der Waals surface area (Å²) in [5.41, 5.74) is 4.48. The number of amides is 2. The Balaban J connectivity index is 1.44. The molecule has 2 aromatic heterocycles. The Hall–Kier alpha value is -4.59. The van der Waals surface area contributed by atoms with Gasteiger partial charge < -0.3 is 16.0 Å². The highest BCUT2D eigenvalue weighted by molar-refractivity contribution is 5.95. The van der Waals surface area contributed by atoms with Gasteiger partial charge in [-0.15, -0.1) is 0 Å². The van der Waals surface area contributed by atoms with Crippen molar-refractivity contribution in [2.45, 2.75) is 13.5 Å². The van der Waals surface area contributed by atoms with Crippen molar-refractivity contribution >= 4 is 29.1 Å². The van der Waals surface area contributed by atoms with Gasteiger partial charge >= 0.3 is 0 Å². The molecule has 8 nitrogen and oxygen atoms in total. The second-order valence-corrected chi connectivity index (χ2v) is 7.27. The second kappa shape index (κ2) is 10.1. The maximum Gasteiger partial charge on any atom is 0.251 e. The molecule has 0 saturated heterocycles. The molecule has 0 aliphatic heterocycles. The van der Waals surface area contributed by atoms with E-state index in [1.165, 1.54) is 6.92 Å². The van der Waals surface area contributed by atoms with Crippen LogP contribution >= 0.6 is 0 Å². The van der Waals surface area contributed by atoms with Gasteiger partial charge in [0, 0.05) is 54.6 Å². The number of nitrogens with zero attached hydrogens (tertiary/aromatic N) is 3. The van der Waals surface area contributed by atoms with Crippen molar-refractivity contribution in [1.82, 2.24) is 20.3 Å². The topological polar surface area (TPSA) is 109 Å². The van der Waals surface area contributed by atoms with Crippen molar-refractivity contribution in [3.63, 3.8) is 0 Å². The summed E-state index contributed by atoms with van der Waals surface area (Å²) in [6.07, 6.45) is 5.07. The van der Waals surface area contributed by atoms with E-state index in [0.717, 1.165) is 22.5 Å². The summed E-state index contributed by atoms with van der Waals surface area (Å²) in [6.45, 7) is 1.87.